The SMILES string of the molecule is c1cc(-c2ccc3c4ccccc4c4ccccc4c3c2)cc(-c2cccc3c4ccc5c6ccccc6c6cccc7c6c5c4n7c23)c1.c1cc(-c2cccc3c2sc2ccccc23)cc(-c2cccc3c4ccc5c6ccccc6c6cccc7c6c5c4n7c23)c1.c1ccc2c(c1)c1ccccc1c1cc(-c3cccc4c5ccc6c7ccccc7c7cccc8c7c6c5n8c34)ccc21. The molecule has 0 saturated carbocycles. The van der Waals surface area contributed by atoms with Crippen molar-refractivity contribution in [2.45, 2.75) is 0 Å². The highest BCUT2D eigenvalue weighted by molar-refractivity contribution is 7.26. The predicted molar refractivity (Wildman–Crippen MR) is 587 cm³/mol. The van der Waals surface area contributed by atoms with Crippen LogP contribution < -0.4 is 0 Å². The van der Waals surface area contributed by atoms with Gasteiger partial charge in [0.1, 0.15) is 0 Å². The second kappa shape index (κ2) is 27.1. The first kappa shape index (κ1) is 73.2. The monoisotopic (exact) mass is 1730 g/mol. The lowest BCUT2D eigenvalue weighted by molar-refractivity contribution is 1.37. The number of rotatable bonds is 5. The summed E-state index contributed by atoms with van der Waals surface area (Å²) in [5, 5.41) is 50.5. The molecule has 4 heteroatoms. The maximum absolute atomic E-state index is 2.56. The number of thiophene rings is 1. The highest BCUT2D eigenvalue weighted by atomic mass is 32.1. The molecule has 0 N–H and O–H groups in total. The van der Waals surface area contributed by atoms with Gasteiger partial charge in [-0.1, -0.05) is 394 Å². The summed E-state index contributed by atoms with van der Waals surface area (Å²) in [5.74, 6) is 0. The summed E-state index contributed by atoms with van der Waals surface area (Å²) < 4.78 is 10.4. The van der Waals surface area contributed by atoms with E-state index in [1.807, 2.05) is 11.3 Å². The zero-order valence-corrected chi connectivity index (χ0v) is 74.2. The third-order valence-corrected chi connectivity index (χ3v) is 32.4. The van der Waals surface area contributed by atoms with Gasteiger partial charge in [0.05, 0.1) is 49.7 Å². The smallest absolute Gasteiger partial charge is 0.0627 e. The molecule has 0 unspecified atom stereocenters. The van der Waals surface area contributed by atoms with Crippen molar-refractivity contribution in [3.63, 3.8) is 0 Å². The first-order valence-electron chi connectivity index (χ1n) is 47.3. The number of fused-ring (bicyclic) bond motifs is 36. The Bertz CT molecular complexity index is 11100. The minimum atomic E-state index is 1.23. The Morgan fingerprint density at radius 3 is 0.728 bits per heavy atom. The molecule has 0 aliphatic rings. The summed E-state index contributed by atoms with van der Waals surface area (Å²) in [5.41, 5.74) is 24.3. The number of hydrogen-bond donors (Lipinski definition) is 0. The number of aromatic nitrogens is 3. The number of benzene rings is 27. The summed E-state index contributed by atoms with van der Waals surface area (Å²) in [6.45, 7) is 0. The summed E-state index contributed by atoms with van der Waals surface area (Å²) in [7, 11) is 0. The first-order chi connectivity index (χ1) is 67.5. The van der Waals surface area contributed by atoms with E-state index in [0.717, 1.165) is 0 Å². The van der Waals surface area contributed by atoms with E-state index < -0.39 is 0 Å². The largest absolute Gasteiger partial charge is 0.307 e. The Labute approximate surface area is 780 Å². The van der Waals surface area contributed by atoms with Gasteiger partial charge in [-0.05, 0) is 217 Å². The Morgan fingerprint density at radius 1 is 0.125 bits per heavy atom. The zero-order chi connectivity index (χ0) is 88.1. The second-order valence-electron chi connectivity index (χ2n) is 37.6. The lowest BCUT2D eigenvalue weighted by Crippen LogP contribution is -1.88. The molecule has 7 aromatic heterocycles. The van der Waals surface area contributed by atoms with E-state index in [1.165, 1.54) is 319 Å². The van der Waals surface area contributed by atoms with E-state index in [1.54, 1.807) is 0 Å². The molecule has 34 rings (SSSR count). The highest BCUT2D eigenvalue weighted by Gasteiger charge is 2.30. The summed E-state index contributed by atoms with van der Waals surface area (Å²) in [6.07, 6.45) is 0. The van der Waals surface area contributed by atoms with Crippen molar-refractivity contribution in [3.05, 3.63) is 443 Å². The van der Waals surface area contributed by atoms with E-state index in [4.69, 9.17) is 0 Å². The van der Waals surface area contributed by atoms with Crippen molar-refractivity contribution in [1.82, 2.24) is 13.2 Å². The minimum Gasteiger partial charge on any atom is -0.307 e. The summed E-state index contributed by atoms with van der Waals surface area (Å²) in [6, 6.07) is 165. The Balaban J connectivity index is 0.0000000934. The number of nitrogens with zero attached hydrogens (tertiary/aromatic N) is 3. The maximum Gasteiger partial charge on any atom is 0.0627 e. The first-order valence-corrected chi connectivity index (χ1v) is 48.2. The molecule has 34 aromatic rings. The molecule has 0 bridgehead atoms. The zero-order valence-electron chi connectivity index (χ0n) is 73.4. The van der Waals surface area contributed by atoms with Gasteiger partial charge in [0.2, 0.25) is 0 Å². The van der Waals surface area contributed by atoms with E-state index in [0.29, 0.717) is 0 Å². The van der Waals surface area contributed by atoms with E-state index in [2.05, 4.69) is 456 Å². The summed E-state index contributed by atoms with van der Waals surface area (Å²) in [4.78, 5) is 0. The average molecular weight is 1730 g/mol. The number of para-hydroxylation sites is 3. The predicted octanol–water partition coefficient (Wildman–Crippen LogP) is 37.4. The lowest BCUT2D eigenvalue weighted by atomic mass is 9.91. The van der Waals surface area contributed by atoms with Crippen LogP contribution in [0.25, 0.3) is 319 Å². The molecular formula is C132H73N3S. The van der Waals surface area contributed by atoms with Gasteiger partial charge < -0.3 is 13.2 Å². The molecule has 0 spiro atoms. The molecule has 0 aliphatic carbocycles. The Hall–Kier alpha value is -17.5. The van der Waals surface area contributed by atoms with Crippen LogP contribution in [-0.2, 0) is 0 Å². The van der Waals surface area contributed by atoms with Crippen LogP contribution in [0.5, 0.6) is 0 Å². The van der Waals surface area contributed by atoms with Crippen LogP contribution in [0, 0.1) is 0 Å². The van der Waals surface area contributed by atoms with E-state index in [9.17, 15) is 0 Å². The van der Waals surface area contributed by atoms with Gasteiger partial charge in [0.25, 0.3) is 0 Å². The maximum atomic E-state index is 2.56. The van der Waals surface area contributed by atoms with Crippen LogP contribution in [0.2, 0.25) is 0 Å². The van der Waals surface area contributed by atoms with Crippen molar-refractivity contribution in [1.29, 1.82) is 0 Å². The van der Waals surface area contributed by atoms with Crippen LogP contribution in [0.15, 0.2) is 443 Å². The normalized spacial score (nSPS) is 12.6. The molecule has 7 heterocycles. The molecule has 136 heavy (non-hydrogen) atoms. The molecular weight excluding hydrogens is 1660 g/mol. The molecule has 0 saturated heterocycles. The van der Waals surface area contributed by atoms with Crippen molar-refractivity contribution in [3.8, 4) is 55.6 Å². The Morgan fingerprint density at radius 2 is 0.346 bits per heavy atom. The topological polar surface area (TPSA) is 13.2 Å². The van der Waals surface area contributed by atoms with Crippen LogP contribution in [0.3, 0.4) is 0 Å². The van der Waals surface area contributed by atoms with Crippen molar-refractivity contribution in [2.24, 2.45) is 0 Å². The van der Waals surface area contributed by atoms with Gasteiger partial charge in [0.15, 0.2) is 0 Å². The third kappa shape index (κ3) is 9.63. The fourth-order valence-electron chi connectivity index (χ4n) is 25.7. The molecule has 0 fully saturated rings. The molecule has 0 aliphatic heterocycles. The van der Waals surface area contributed by atoms with E-state index in [-0.39, 0.29) is 0 Å². The fraction of sp³-hybridized carbons (Fsp3) is 0. The van der Waals surface area contributed by atoms with Gasteiger partial charge in [-0.25, -0.2) is 0 Å². The average Bonchev–Trinajstić information content (AvgIpc) is 1.52. The number of hydrogen-bond acceptors (Lipinski definition) is 1. The van der Waals surface area contributed by atoms with Crippen LogP contribution in [0.1, 0.15) is 0 Å². The molecule has 0 radical (unpaired) electrons. The molecule has 27 aromatic carbocycles. The molecule has 0 atom stereocenters. The Kier molecular flexibility index (Phi) is 14.6. The molecule has 0 amide bonds. The fourth-order valence-corrected chi connectivity index (χ4v) is 26.9. The van der Waals surface area contributed by atoms with Crippen molar-refractivity contribution in [2.75, 3.05) is 0 Å². The van der Waals surface area contributed by atoms with Crippen molar-refractivity contribution >= 4 is 275 Å². The van der Waals surface area contributed by atoms with Crippen LogP contribution in [-0.4, -0.2) is 13.2 Å². The standard InChI is InChI=1S/C48H27N.C42H23NS.C42H23N/c1-2-14-34-32(12-1)33-13-3-6-17-37(33)43-27-29(22-23-38(34)43)28-10-7-11-30(26-28)31-18-8-20-41-42-25-24-40-36-16-5-4-15-35(36)39-19-9-21-44-45(39)46(40)48(42)49(44)47(31)41;1-2-12-29-28(11-1)31-16-8-19-36-38(31)39-32(29)21-22-34-33-17-6-14-26(40(33)43(36)41(34)39)24-9-5-10-25(23-24)27-15-7-18-35-30-13-3-4-20-37(30)44-42(27)35;1-2-11-28-26(9-1)27-10-3-6-14-31(27)37-23-24(19-20-32(28)37)25-15-7-17-35-36-22-21-34-30-13-5-4-12-29(30)33-16-8-18-38-39(33)40(34)42(36)43(38)41(25)35/h1-27H;1-23H;1-23H. The molecule has 3 nitrogen and oxygen atoms in total. The highest BCUT2D eigenvalue weighted by Crippen LogP contribution is 2.55. The van der Waals surface area contributed by atoms with Gasteiger partial charge in [0, 0.05) is 101 Å². The van der Waals surface area contributed by atoms with Gasteiger partial charge in [-0.3, -0.25) is 0 Å². The quantitative estimate of drug-likeness (QED) is 0.152. The van der Waals surface area contributed by atoms with Gasteiger partial charge >= 0.3 is 0 Å². The third-order valence-electron chi connectivity index (χ3n) is 31.2. The van der Waals surface area contributed by atoms with Crippen LogP contribution in [0.4, 0.5) is 0 Å². The second-order valence-corrected chi connectivity index (χ2v) is 38.7. The van der Waals surface area contributed by atoms with Gasteiger partial charge in [-0.15, -0.1) is 11.3 Å². The lowest BCUT2D eigenvalue weighted by Gasteiger charge is -2.13. The molecule has 622 valence electrons. The summed E-state index contributed by atoms with van der Waals surface area (Å²) >= 11 is 1.89. The van der Waals surface area contributed by atoms with E-state index >= 15 is 0 Å². The van der Waals surface area contributed by atoms with Crippen molar-refractivity contribution < 1.29 is 0 Å². The van der Waals surface area contributed by atoms with Gasteiger partial charge in [-0.2, -0.15) is 0 Å². The van der Waals surface area contributed by atoms with Crippen LogP contribution >= 0.6 is 11.3 Å². The minimum absolute atomic E-state index is 1.23.